The van der Waals surface area contributed by atoms with Crippen LogP contribution in [0.3, 0.4) is 0 Å². The van der Waals surface area contributed by atoms with Crippen molar-refractivity contribution in [1.82, 2.24) is 9.80 Å². The first kappa shape index (κ1) is 24.0. The predicted molar refractivity (Wildman–Crippen MR) is 134 cm³/mol. The van der Waals surface area contributed by atoms with E-state index >= 15 is 0 Å². The molecule has 186 valence electrons. The number of nitrogens with zero attached hydrogens (tertiary/aromatic N) is 2. The Labute approximate surface area is 207 Å². The molecule has 1 amide bonds. The summed E-state index contributed by atoms with van der Waals surface area (Å²) in [5.41, 5.74) is 1.47. The monoisotopic (exact) mass is 476 g/mol. The van der Waals surface area contributed by atoms with Crippen molar-refractivity contribution >= 4 is 11.9 Å². The maximum Gasteiger partial charge on any atom is 0.308 e. The summed E-state index contributed by atoms with van der Waals surface area (Å²) in [6, 6.07) is 17.1. The van der Waals surface area contributed by atoms with Crippen LogP contribution in [0.2, 0.25) is 0 Å². The standard InChI is InChI=1S/C29H36N2O4/c1-20(32)35-25-10-6-9-23(15-25)29-13-14-31(18-21-11-12-21)19-26(29)27(33)16-24(17-29)30(2)28(34)22-7-4-3-5-8-22/h3-10,15,21,24,26-27,33H,11-14,16-19H2,1-2H3/t24-,26+,27?,29+/m1/s1. The van der Waals surface area contributed by atoms with Crippen LogP contribution >= 0.6 is 0 Å². The number of aliphatic hydroxyl groups excluding tert-OH is 1. The number of piperidine rings is 1. The second-order valence-electron chi connectivity index (χ2n) is 10.8. The molecular weight excluding hydrogens is 440 g/mol. The quantitative estimate of drug-likeness (QED) is 0.506. The van der Waals surface area contributed by atoms with Crippen LogP contribution in [-0.2, 0) is 10.2 Å². The summed E-state index contributed by atoms with van der Waals surface area (Å²) in [4.78, 5) is 29.3. The van der Waals surface area contributed by atoms with Crippen LogP contribution in [-0.4, -0.2) is 65.6 Å². The fraction of sp³-hybridized carbons (Fsp3) is 0.517. The number of aliphatic hydroxyl groups is 1. The van der Waals surface area contributed by atoms with Gasteiger partial charge >= 0.3 is 5.97 Å². The zero-order chi connectivity index (χ0) is 24.6. The molecular formula is C29H36N2O4. The van der Waals surface area contributed by atoms with Gasteiger partial charge in [0, 0.05) is 50.0 Å². The first-order valence-electron chi connectivity index (χ1n) is 12.9. The van der Waals surface area contributed by atoms with Crippen molar-refractivity contribution < 1.29 is 19.4 Å². The fourth-order valence-corrected chi connectivity index (χ4v) is 6.37. The highest BCUT2D eigenvalue weighted by Crippen LogP contribution is 2.51. The molecule has 6 heteroatoms. The van der Waals surface area contributed by atoms with Gasteiger partial charge in [-0.3, -0.25) is 9.59 Å². The second kappa shape index (κ2) is 9.75. The van der Waals surface area contributed by atoms with E-state index in [1.165, 1.54) is 19.8 Å². The molecule has 1 N–H and O–H groups in total. The number of hydrogen-bond donors (Lipinski definition) is 1. The highest BCUT2D eigenvalue weighted by atomic mass is 16.5. The van der Waals surface area contributed by atoms with Gasteiger partial charge in [-0.05, 0) is 74.4 Å². The van der Waals surface area contributed by atoms with Crippen molar-refractivity contribution in [2.24, 2.45) is 11.8 Å². The molecule has 0 bridgehead atoms. The summed E-state index contributed by atoms with van der Waals surface area (Å²) < 4.78 is 5.42. The molecule has 0 radical (unpaired) electrons. The third-order valence-electron chi connectivity index (χ3n) is 8.39. The SMILES string of the molecule is CC(=O)Oc1cccc([C@@]23CCN(CC4CC4)C[C@H]2C(O)C[C@@H](N(C)C(=O)c2ccccc2)C3)c1. The van der Waals surface area contributed by atoms with E-state index in [1.807, 2.05) is 54.4 Å². The van der Waals surface area contributed by atoms with E-state index in [-0.39, 0.29) is 29.3 Å². The van der Waals surface area contributed by atoms with Gasteiger partial charge in [0.05, 0.1) is 6.10 Å². The Morgan fingerprint density at radius 3 is 2.63 bits per heavy atom. The predicted octanol–water partition coefficient (Wildman–Crippen LogP) is 3.88. The number of hydrogen-bond acceptors (Lipinski definition) is 5. The third-order valence-corrected chi connectivity index (χ3v) is 8.39. The van der Waals surface area contributed by atoms with E-state index in [9.17, 15) is 14.7 Å². The number of carbonyl (C=O) groups excluding carboxylic acids is 2. The van der Waals surface area contributed by atoms with Crippen LogP contribution < -0.4 is 4.74 Å². The summed E-state index contributed by atoms with van der Waals surface area (Å²) in [5, 5.41) is 11.5. The number of benzene rings is 2. The van der Waals surface area contributed by atoms with Gasteiger partial charge in [0.2, 0.25) is 0 Å². The Morgan fingerprint density at radius 2 is 1.91 bits per heavy atom. The normalized spacial score (nSPS) is 28.7. The number of carbonyl (C=O) groups is 2. The van der Waals surface area contributed by atoms with Crippen LogP contribution in [0.1, 0.15) is 54.9 Å². The van der Waals surface area contributed by atoms with Crippen LogP contribution in [0, 0.1) is 11.8 Å². The minimum absolute atomic E-state index is 0.0174. The number of rotatable bonds is 6. The lowest BCUT2D eigenvalue weighted by Crippen LogP contribution is -2.61. The van der Waals surface area contributed by atoms with Crippen molar-refractivity contribution in [3.63, 3.8) is 0 Å². The van der Waals surface area contributed by atoms with E-state index in [0.29, 0.717) is 17.7 Å². The van der Waals surface area contributed by atoms with Gasteiger partial charge in [-0.2, -0.15) is 0 Å². The molecule has 1 heterocycles. The number of amides is 1. The van der Waals surface area contributed by atoms with Crippen LogP contribution in [0.25, 0.3) is 0 Å². The van der Waals surface area contributed by atoms with E-state index in [2.05, 4.69) is 11.0 Å². The van der Waals surface area contributed by atoms with Gasteiger partial charge in [0.15, 0.2) is 0 Å². The minimum atomic E-state index is -0.515. The summed E-state index contributed by atoms with van der Waals surface area (Å²) in [6.45, 7) is 4.36. The summed E-state index contributed by atoms with van der Waals surface area (Å²) in [5.74, 6) is 1.05. The number of likely N-dealkylation sites (tertiary alicyclic amines) is 1. The van der Waals surface area contributed by atoms with Gasteiger partial charge in [-0.1, -0.05) is 30.3 Å². The molecule has 5 rings (SSSR count). The molecule has 0 aromatic heterocycles. The highest BCUT2D eigenvalue weighted by Gasteiger charge is 2.53. The molecule has 1 aliphatic heterocycles. The average Bonchev–Trinajstić information content (AvgIpc) is 3.68. The Hall–Kier alpha value is -2.70. The van der Waals surface area contributed by atoms with Crippen LogP contribution in [0.5, 0.6) is 5.75 Å². The topological polar surface area (TPSA) is 70.1 Å². The van der Waals surface area contributed by atoms with Crippen molar-refractivity contribution in [2.75, 3.05) is 26.7 Å². The molecule has 1 saturated heterocycles. The smallest absolute Gasteiger partial charge is 0.308 e. The van der Waals surface area contributed by atoms with Crippen molar-refractivity contribution in [3.8, 4) is 5.75 Å². The van der Waals surface area contributed by atoms with E-state index in [1.54, 1.807) is 6.07 Å². The lowest BCUT2D eigenvalue weighted by atomic mass is 9.56. The number of esters is 1. The maximum absolute atomic E-state index is 13.3. The van der Waals surface area contributed by atoms with E-state index in [0.717, 1.165) is 44.0 Å². The molecule has 2 saturated carbocycles. The Morgan fingerprint density at radius 1 is 1.14 bits per heavy atom. The molecule has 3 aliphatic rings. The lowest BCUT2D eigenvalue weighted by Gasteiger charge is -2.56. The van der Waals surface area contributed by atoms with Gasteiger partial charge in [-0.25, -0.2) is 0 Å². The Kier molecular flexibility index (Phi) is 6.69. The minimum Gasteiger partial charge on any atom is -0.427 e. The van der Waals surface area contributed by atoms with Gasteiger partial charge in [-0.15, -0.1) is 0 Å². The summed E-state index contributed by atoms with van der Waals surface area (Å²) >= 11 is 0. The second-order valence-corrected chi connectivity index (χ2v) is 10.8. The third kappa shape index (κ3) is 5.00. The molecule has 2 aliphatic carbocycles. The Bertz CT molecular complexity index is 1070. The summed E-state index contributed by atoms with van der Waals surface area (Å²) in [6.07, 6.45) is 4.38. The average molecular weight is 477 g/mol. The fourth-order valence-electron chi connectivity index (χ4n) is 6.37. The number of ether oxygens (including phenoxy) is 1. The molecule has 2 aromatic carbocycles. The largest absolute Gasteiger partial charge is 0.427 e. The molecule has 6 nitrogen and oxygen atoms in total. The van der Waals surface area contributed by atoms with Crippen molar-refractivity contribution in [2.45, 2.75) is 56.6 Å². The molecule has 3 fully saturated rings. The van der Waals surface area contributed by atoms with Gasteiger partial charge in [0.25, 0.3) is 5.91 Å². The lowest BCUT2D eigenvalue weighted by molar-refractivity contribution is -0.131. The number of fused-ring (bicyclic) bond motifs is 1. The molecule has 1 unspecified atom stereocenters. The first-order valence-corrected chi connectivity index (χ1v) is 12.9. The highest BCUT2D eigenvalue weighted by molar-refractivity contribution is 5.94. The van der Waals surface area contributed by atoms with Crippen molar-refractivity contribution in [3.05, 3.63) is 65.7 Å². The zero-order valence-corrected chi connectivity index (χ0v) is 20.7. The molecule has 0 spiro atoms. The molecule has 4 atom stereocenters. The Balaban J connectivity index is 1.46. The van der Waals surface area contributed by atoms with Crippen LogP contribution in [0.15, 0.2) is 54.6 Å². The first-order chi connectivity index (χ1) is 16.9. The summed E-state index contributed by atoms with van der Waals surface area (Å²) in [7, 11) is 1.86. The molecule has 2 aromatic rings. The maximum atomic E-state index is 13.3. The van der Waals surface area contributed by atoms with Crippen LogP contribution in [0.4, 0.5) is 0 Å². The van der Waals surface area contributed by atoms with Crippen molar-refractivity contribution in [1.29, 1.82) is 0 Å². The van der Waals surface area contributed by atoms with Gasteiger partial charge < -0.3 is 19.6 Å². The molecule has 35 heavy (non-hydrogen) atoms. The van der Waals surface area contributed by atoms with E-state index < -0.39 is 6.10 Å². The van der Waals surface area contributed by atoms with Gasteiger partial charge in [0.1, 0.15) is 5.75 Å². The zero-order valence-electron chi connectivity index (χ0n) is 20.7. The van der Waals surface area contributed by atoms with E-state index in [4.69, 9.17) is 4.74 Å².